The van der Waals surface area contributed by atoms with Gasteiger partial charge in [-0.15, -0.1) is 11.3 Å². The van der Waals surface area contributed by atoms with Crippen LogP contribution in [0.1, 0.15) is 30.3 Å². The van der Waals surface area contributed by atoms with Gasteiger partial charge >= 0.3 is 5.97 Å². The molecule has 2 N–H and O–H groups in total. The van der Waals surface area contributed by atoms with Gasteiger partial charge in [0, 0.05) is 24.0 Å². The number of ether oxygens (including phenoxy) is 2. The minimum Gasteiger partial charge on any atom is -0.494 e. The molecule has 1 aromatic carbocycles. The van der Waals surface area contributed by atoms with Crippen molar-refractivity contribution in [1.82, 2.24) is 10.3 Å². The number of amides is 1. The summed E-state index contributed by atoms with van der Waals surface area (Å²) >= 11 is 1.33. The summed E-state index contributed by atoms with van der Waals surface area (Å²) in [6, 6.07) is 7.49. The van der Waals surface area contributed by atoms with Gasteiger partial charge in [-0.1, -0.05) is 6.92 Å². The molecule has 0 radical (unpaired) electrons. The lowest BCUT2D eigenvalue weighted by atomic mass is 9.99. The molecule has 1 atom stereocenters. The number of hydrogen-bond acceptors (Lipinski definition) is 6. The molecule has 138 valence electrons. The first kappa shape index (κ1) is 18.3. The minimum absolute atomic E-state index is 0.0374. The number of nitrogens with zero attached hydrogens (tertiary/aromatic N) is 1. The Labute approximate surface area is 155 Å². The molecule has 1 amide bonds. The van der Waals surface area contributed by atoms with Crippen LogP contribution in [0.5, 0.6) is 5.75 Å². The average Bonchev–Trinajstić information content (AvgIpc) is 3.31. The Morgan fingerprint density at radius 2 is 2.15 bits per heavy atom. The average molecular weight is 376 g/mol. The number of carboxylic acids is 1. The normalized spacial score (nSPS) is 19.3. The molecular formula is C18H20N2O5S. The van der Waals surface area contributed by atoms with Gasteiger partial charge in [-0.05, 0) is 30.7 Å². The molecule has 1 fully saturated rings. The van der Waals surface area contributed by atoms with Gasteiger partial charge in [0.05, 0.1) is 13.2 Å². The Hall–Kier alpha value is -2.45. The zero-order chi connectivity index (χ0) is 18.6. The third-order valence-electron chi connectivity index (χ3n) is 4.09. The van der Waals surface area contributed by atoms with Crippen LogP contribution in [0.2, 0.25) is 0 Å². The van der Waals surface area contributed by atoms with Crippen LogP contribution in [-0.2, 0) is 9.53 Å². The molecule has 1 aromatic heterocycles. The fourth-order valence-corrected chi connectivity index (χ4v) is 3.40. The van der Waals surface area contributed by atoms with Gasteiger partial charge in [-0.2, -0.15) is 0 Å². The van der Waals surface area contributed by atoms with Gasteiger partial charge < -0.3 is 19.9 Å². The number of nitrogens with one attached hydrogen (secondary N) is 1. The second-order valence-corrected chi connectivity index (χ2v) is 6.91. The van der Waals surface area contributed by atoms with E-state index in [-0.39, 0.29) is 18.7 Å². The first-order valence-corrected chi connectivity index (χ1v) is 9.24. The number of carbonyl (C=O) groups is 2. The van der Waals surface area contributed by atoms with Gasteiger partial charge in [0.25, 0.3) is 5.91 Å². The van der Waals surface area contributed by atoms with Gasteiger partial charge in [0.15, 0.2) is 5.54 Å². The highest BCUT2D eigenvalue weighted by atomic mass is 32.1. The SMILES string of the molecule is CCCOc1ccc(-c2nc(C(=O)NC3(C(=O)O)CCOC3)cs2)cc1. The molecule has 0 bridgehead atoms. The summed E-state index contributed by atoms with van der Waals surface area (Å²) in [7, 11) is 0. The van der Waals surface area contributed by atoms with Crippen LogP contribution in [0.4, 0.5) is 0 Å². The van der Waals surface area contributed by atoms with Crippen molar-refractivity contribution in [2.75, 3.05) is 19.8 Å². The molecule has 2 aromatic rings. The second-order valence-electron chi connectivity index (χ2n) is 6.05. The molecule has 1 saturated heterocycles. The van der Waals surface area contributed by atoms with Crippen molar-refractivity contribution in [2.45, 2.75) is 25.3 Å². The van der Waals surface area contributed by atoms with Crippen LogP contribution in [-0.4, -0.2) is 47.3 Å². The van der Waals surface area contributed by atoms with Crippen molar-refractivity contribution < 1.29 is 24.2 Å². The molecule has 0 aliphatic carbocycles. The van der Waals surface area contributed by atoms with E-state index in [1.807, 2.05) is 31.2 Å². The Morgan fingerprint density at radius 1 is 1.38 bits per heavy atom. The number of carbonyl (C=O) groups excluding carboxylic acids is 1. The fourth-order valence-electron chi connectivity index (χ4n) is 2.59. The molecule has 3 rings (SSSR count). The Bertz CT molecular complexity index is 781. The number of aliphatic carboxylic acids is 1. The van der Waals surface area contributed by atoms with E-state index in [9.17, 15) is 14.7 Å². The summed E-state index contributed by atoms with van der Waals surface area (Å²) in [5.74, 6) is -0.820. The Morgan fingerprint density at radius 3 is 2.77 bits per heavy atom. The van der Waals surface area contributed by atoms with E-state index in [0.29, 0.717) is 18.2 Å². The van der Waals surface area contributed by atoms with Crippen LogP contribution >= 0.6 is 11.3 Å². The topological polar surface area (TPSA) is 97.8 Å². The predicted molar refractivity (Wildman–Crippen MR) is 96.6 cm³/mol. The largest absolute Gasteiger partial charge is 0.494 e. The van der Waals surface area contributed by atoms with Crippen LogP contribution in [0.15, 0.2) is 29.6 Å². The lowest BCUT2D eigenvalue weighted by molar-refractivity contribution is -0.144. The summed E-state index contributed by atoms with van der Waals surface area (Å²) in [6.45, 7) is 2.98. The minimum atomic E-state index is -1.38. The van der Waals surface area contributed by atoms with E-state index in [4.69, 9.17) is 9.47 Å². The van der Waals surface area contributed by atoms with E-state index >= 15 is 0 Å². The second kappa shape index (κ2) is 7.84. The smallest absolute Gasteiger partial charge is 0.331 e. The standard InChI is InChI=1S/C18H20N2O5S/c1-2-8-25-13-5-3-12(4-6-13)16-19-14(10-26-16)15(21)20-18(17(22)23)7-9-24-11-18/h3-6,10H,2,7-9,11H2,1H3,(H,20,21)(H,22,23). The van der Waals surface area contributed by atoms with E-state index in [1.165, 1.54) is 11.3 Å². The summed E-state index contributed by atoms with van der Waals surface area (Å²) in [5.41, 5.74) is -0.307. The van der Waals surface area contributed by atoms with Crippen LogP contribution in [0.3, 0.4) is 0 Å². The lowest BCUT2D eigenvalue weighted by Crippen LogP contribution is -2.55. The number of rotatable bonds is 7. The first-order valence-electron chi connectivity index (χ1n) is 8.36. The fraction of sp³-hybridized carbons (Fsp3) is 0.389. The summed E-state index contributed by atoms with van der Waals surface area (Å²) in [4.78, 5) is 28.3. The molecule has 1 unspecified atom stereocenters. The van der Waals surface area contributed by atoms with Gasteiger partial charge in [-0.25, -0.2) is 9.78 Å². The van der Waals surface area contributed by atoms with E-state index in [2.05, 4.69) is 10.3 Å². The van der Waals surface area contributed by atoms with E-state index in [0.717, 1.165) is 17.7 Å². The number of benzene rings is 1. The van der Waals surface area contributed by atoms with Crippen molar-refractivity contribution in [1.29, 1.82) is 0 Å². The van der Waals surface area contributed by atoms with Crippen LogP contribution in [0, 0.1) is 0 Å². The van der Waals surface area contributed by atoms with Crippen molar-refractivity contribution in [3.8, 4) is 16.3 Å². The molecule has 7 nitrogen and oxygen atoms in total. The Kier molecular flexibility index (Phi) is 5.53. The van der Waals surface area contributed by atoms with Gasteiger partial charge in [0.2, 0.25) is 0 Å². The molecule has 1 aliphatic rings. The molecule has 0 saturated carbocycles. The van der Waals surface area contributed by atoms with Crippen molar-refractivity contribution in [3.05, 3.63) is 35.3 Å². The van der Waals surface area contributed by atoms with Crippen molar-refractivity contribution in [3.63, 3.8) is 0 Å². The van der Waals surface area contributed by atoms with Crippen LogP contribution < -0.4 is 10.1 Å². The van der Waals surface area contributed by atoms with Crippen molar-refractivity contribution in [2.24, 2.45) is 0 Å². The highest BCUT2D eigenvalue weighted by Crippen LogP contribution is 2.26. The third-order valence-corrected chi connectivity index (χ3v) is 4.99. The van der Waals surface area contributed by atoms with Crippen LogP contribution in [0.25, 0.3) is 10.6 Å². The maximum Gasteiger partial charge on any atom is 0.331 e. The number of hydrogen-bond donors (Lipinski definition) is 2. The monoisotopic (exact) mass is 376 g/mol. The van der Waals surface area contributed by atoms with Gasteiger partial charge in [-0.3, -0.25) is 4.79 Å². The maximum atomic E-state index is 12.4. The molecule has 26 heavy (non-hydrogen) atoms. The number of thiazole rings is 1. The summed E-state index contributed by atoms with van der Waals surface area (Å²) < 4.78 is 10.7. The molecule has 2 heterocycles. The quantitative estimate of drug-likeness (QED) is 0.771. The number of carboxylic acid groups (broad SMARTS) is 1. The predicted octanol–water partition coefficient (Wildman–Crippen LogP) is 2.57. The van der Waals surface area contributed by atoms with Crippen molar-refractivity contribution >= 4 is 23.2 Å². The summed E-state index contributed by atoms with van der Waals surface area (Å²) in [5, 5.41) is 14.3. The zero-order valence-corrected chi connectivity index (χ0v) is 15.2. The lowest BCUT2D eigenvalue weighted by Gasteiger charge is -2.22. The third kappa shape index (κ3) is 3.86. The molecule has 8 heteroatoms. The van der Waals surface area contributed by atoms with E-state index in [1.54, 1.807) is 5.38 Å². The highest BCUT2D eigenvalue weighted by Gasteiger charge is 2.44. The molecular weight excluding hydrogens is 356 g/mol. The number of aromatic nitrogens is 1. The first-order chi connectivity index (χ1) is 12.5. The zero-order valence-electron chi connectivity index (χ0n) is 14.4. The van der Waals surface area contributed by atoms with E-state index < -0.39 is 17.4 Å². The highest BCUT2D eigenvalue weighted by molar-refractivity contribution is 7.13. The molecule has 0 spiro atoms. The maximum absolute atomic E-state index is 12.4. The molecule has 1 aliphatic heterocycles. The van der Waals surface area contributed by atoms with Gasteiger partial charge in [0.1, 0.15) is 16.5 Å². The summed E-state index contributed by atoms with van der Waals surface area (Å²) in [6.07, 6.45) is 1.18. The Balaban J connectivity index is 1.71.